The maximum atomic E-state index is 13.0. The Labute approximate surface area is 179 Å². The molecular formula is C23H23N3O5. The number of rotatable bonds is 5. The van der Waals surface area contributed by atoms with E-state index in [-0.39, 0.29) is 5.56 Å². The average molecular weight is 421 g/mol. The minimum absolute atomic E-state index is 0.202. The van der Waals surface area contributed by atoms with Crippen molar-refractivity contribution >= 4 is 18.0 Å². The van der Waals surface area contributed by atoms with Gasteiger partial charge in [0.15, 0.2) is 6.10 Å². The molecule has 31 heavy (non-hydrogen) atoms. The van der Waals surface area contributed by atoms with Crippen molar-refractivity contribution in [1.82, 2.24) is 15.1 Å². The number of carbonyl (C=O) groups excluding carboxylic acids is 3. The molecule has 0 aliphatic carbocycles. The molecule has 0 saturated carbocycles. The zero-order valence-electron chi connectivity index (χ0n) is 17.7. The third-order valence-electron chi connectivity index (χ3n) is 4.66. The van der Waals surface area contributed by atoms with E-state index in [1.54, 1.807) is 10.9 Å². The first kappa shape index (κ1) is 21.8. The SMILES string of the molecule is COC(=O)NC(=O)[C@H](C)OC(=O)c1cn(-c2ccccc2)nc1-c1ccc(C)cc1C. The van der Waals surface area contributed by atoms with E-state index >= 15 is 0 Å². The van der Waals surface area contributed by atoms with Crippen molar-refractivity contribution in [3.63, 3.8) is 0 Å². The van der Waals surface area contributed by atoms with Crippen LogP contribution in [0.15, 0.2) is 54.7 Å². The van der Waals surface area contributed by atoms with E-state index in [9.17, 15) is 14.4 Å². The van der Waals surface area contributed by atoms with E-state index < -0.39 is 24.1 Å². The Morgan fingerprint density at radius 3 is 2.42 bits per heavy atom. The van der Waals surface area contributed by atoms with Crippen LogP contribution < -0.4 is 5.32 Å². The highest BCUT2D eigenvalue weighted by Gasteiger charge is 2.26. The van der Waals surface area contributed by atoms with Gasteiger partial charge >= 0.3 is 12.1 Å². The number of imide groups is 1. The lowest BCUT2D eigenvalue weighted by Gasteiger charge is -2.12. The highest BCUT2D eigenvalue weighted by Crippen LogP contribution is 2.28. The van der Waals surface area contributed by atoms with E-state index in [1.165, 1.54) is 6.92 Å². The summed E-state index contributed by atoms with van der Waals surface area (Å²) in [6, 6.07) is 15.2. The molecule has 0 aliphatic rings. The Balaban J connectivity index is 1.97. The monoisotopic (exact) mass is 421 g/mol. The van der Waals surface area contributed by atoms with E-state index in [0.717, 1.165) is 29.5 Å². The maximum absolute atomic E-state index is 13.0. The second-order valence-electron chi connectivity index (χ2n) is 7.02. The summed E-state index contributed by atoms with van der Waals surface area (Å²) >= 11 is 0. The van der Waals surface area contributed by atoms with E-state index in [4.69, 9.17) is 4.74 Å². The molecule has 1 heterocycles. The zero-order valence-corrected chi connectivity index (χ0v) is 17.7. The van der Waals surface area contributed by atoms with Gasteiger partial charge in [-0.2, -0.15) is 5.10 Å². The van der Waals surface area contributed by atoms with Gasteiger partial charge in [0, 0.05) is 11.8 Å². The number of benzene rings is 2. The molecule has 0 unspecified atom stereocenters. The number of aryl methyl sites for hydroxylation is 2. The summed E-state index contributed by atoms with van der Waals surface area (Å²) in [5, 5.41) is 6.60. The molecule has 8 heteroatoms. The van der Waals surface area contributed by atoms with Crippen molar-refractivity contribution in [2.24, 2.45) is 0 Å². The van der Waals surface area contributed by atoms with Crippen LogP contribution in [-0.4, -0.2) is 41.0 Å². The van der Waals surface area contributed by atoms with E-state index in [0.29, 0.717) is 5.69 Å². The quantitative estimate of drug-likeness (QED) is 0.632. The van der Waals surface area contributed by atoms with Gasteiger partial charge in [-0.05, 0) is 38.5 Å². The number of aromatic nitrogens is 2. The van der Waals surface area contributed by atoms with Crippen LogP contribution in [0.4, 0.5) is 4.79 Å². The fourth-order valence-electron chi connectivity index (χ4n) is 3.05. The van der Waals surface area contributed by atoms with Crippen LogP contribution >= 0.6 is 0 Å². The molecule has 3 aromatic rings. The predicted octanol–water partition coefficient (Wildman–Crippen LogP) is 3.58. The second-order valence-corrected chi connectivity index (χ2v) is 7.02. The summed E-state index contributed by atoms with van der Waals surface area (Å²) in [5.41, 5.74) is 4.22. The highest BCUT2D eigenvalue weighted by atomic mass is 16.6. The third-order valence-corrected chi connectivity index (χ3v) is 4.66. The number of hydrogen-bond acceptors (Lipinski definition) is 6. The van der Waals surface area contributed by atoms with Gasteiger partial charge in [-0.3, -0.25) is 10.1 Å². The number of nitrogens with zero attached hydrogens (tertiary/aromatic N) is 2. The van der Waals surface area contributed by atoms with Gasteiger partial charge in [0.2, 0.25) is 0 Å². The number of esters is 1. The molecule has 0 saturated heterocycles. The lowest BCUT2D eigenvalue weighted by molar-refractivity contribution is -0.128. The molecule has 0 spiro atoms. The molecule has 3 rings (SSSR count). The third kappa shape index (κ3) is 4.98. The number of amides is 2. The van der Waals surface area contributed by atoms with Crippen LogP contribution in [0.5, 0.6) is 0 Å². The predicted molar refractivity (Wildman–Crippen MR) is 114 cm³/mol. The molecule has 0 bridgehead atoms. The van der Waals surface area contributed by atoms with Crippen molar-refractivity contribution in [2.45, 2.75) is 26.9 Å². The summed E-state index contributed by atoms with van der Waals surface area (Å²) in [7, 11) is 1.13. The minimum Gasteiger partial charge on any atom is -0.453 e. The minimum atomic E-state index is -1.21. The number of carbonyl (C=O) groups is 3. The van der Waals surface area contributed by atoms with Gasteiger partial charge in [0.25, 0.3) is 5.91 Å². The smallest absolute Gasteiger partial charge is 0.413 e. The first-order chi connectivity index (χ1) is 14.8. The topological polar surface area (TPSA) is 99.5 Å². The lowest BCUT2D eigenvalue weighted by Crippen LogP contribution is -2.39. The molecule has 1 N–H and O–H groups in total. The number of para-hydroxylation sites is 1. The summed E-state index contributed by atoms with van der Waals surface area (Å²) < 4.78 is 11.3. The molecule has 0 aliphatic heterocycles. The van der Waals surface area contributed by atoms with E-state index in [2.05, 4.69) is 9.84 Å². The van der Waals surface area contributed by atoms with Gasteiger partial charge in [-0.25, -0.2) is 14.3 Å². The first-order valence-corrected chi connectivity index (χ1v) is 9.62. The maximum Gasteiger partial charge on any atom is 0.413 e. The summed E-state index contributed by atoms with van der Waals surface area (Å²) in [5.74, 6) is -1.52. The van der Waals surface area contributed by atoms with Gasteiger partial charge < -0.3 is 9.47 Å². The molecule has 160 valence electrons. The lowest BCUT2D eigenvalue weighted by atomic mass is 10.0. The fourth-order valence-corrected chi connectivity index (χ4v) is 3.05. The first-order valence-electron chi connectivity index (χ1n) is 9.62. The summed E-state index contributed by atoms with van der Waals surface area (Å²) in [6.07, 6.45) is -0.573. The summed E-state index contributed by atoms with van der Waals surface area (Å²) in [6.45, 7) is 5.29. The van der Waals surface area contributed by atoms with Gasteiger partial charge in [0.1, 0.15) is 11.3 Å². The van der Waals surface area contributed by atoms with Gasteiger partial charge in [0.05, 0.1) is 12.8 Å². The Kier molecular flexibility index (Phi) is 6.49. The average Bonchev–Trinajstić information content (AvgIpc) is 3.19. The molecule has 8 nitrogen and oxygen atoms in total. The van der Waals surface area contributed by atoms with Crippen LogP contribution in [0.2, 0.25) is 0 Å². The highest BCUT2D eigenvalue weighted by molar-refractivity contribution is 5.99. The number of nitrogens with one attached hydrogen (secondary N) is 1. The molecule has 0 radical (unpaired) electrons. The fraction of sp³-hybridized carbons (Fsp3) is 0.217. The number of hydrogen-bond donors (Lipinski definition) is 1. The van der Waals surface area contributed by atoms with E-state index in [1.807, 2.05) is 67.7 Å². The van der Waals surface area contributed by atoms with Gasteiger partial charge in [-0.1, -0.05) is 42.0 Å². The van der Waals surface area contributed by atoms with Gasteiger partial charge in [-0.15, -0.1) is 0 Å². The number of methoxy groups -OCH3 is 1. The zero-order chi connectivity index (χ0) is 22.5. The molecule has 0 fully saturated rings. The van der Waals surface area contributed by atoms with Crippen molar-refractivity contribution in [3.8, 4) is 16.9 Å². The molecule has 1 atom stereocenters. The van der Waals surface area contributed by atoms with Crippen molar-refractivity contribution in [3.05, 3.63) is 71.4 Å². The van der Waals surface area contributed by atoms with Crippen LogP contribution in [-0.2, 0) is 14.3 Å². The molecule has 2 amide bonds. The standard InChI is InChI=1S/C23H23N3O5/c1-14-10-11-18(15(2)12-14)20-19(13-26(25-20)17-8-6-5-7-9-17)22(28)31-16(3)21(27)24-23(29)30-4/h5-13,16H,1-4H3,(H,24,27,29)/t16-/m0/s1. The Morgan fingerprint density at radius 2 is 1.77 bits per heavy atom. The Morgan fingerprint density at radius 1 is 1.06 bits per heavy atom. The number of ether oxygens (including phenoxy) is 2. The molecule has 2 aromatic carbocycles. The largest absolute Gasteiger partial charge is 0.453 e. The van der Waals surface area contributed by atoms with Crippen LogP contribution in [0, 0.1) is 13.8 Å². The van der Waals surface area contributed by atoms with Crippen molar-refractivity contribution in [2.75, 3.05) is 7.11 Å². The Hall–Kier alpha value is -3.94. The van der Waals surface area contributed by atoms with Crippen LogP contribution in [0.25, 0.3) is 16.9 Å². The molecular weight excluding hydrogens is 398 g/mol. The van der Waals surface area contributed by atoms with Crippen LogP contribution in [0.1, 0.15) is 28.4 Å². The Bertz CT molecular complexity index is 1120. The second kappa shape index (κ2) is 9.25. The normalized spacial score (nSPS) is 11.5. The van der Waals surface area contributed by atoms with Crippen molar-refractivity contribution < 1.29 is 23.9 Å². The summed E-state index contributed by atoms with van der Waals surface area (Å²) in [4.78, 5) is 36.2. The number of alkyl carbamates (subject to hydrolysis) is 1. The molecule has 1 aromatic heterocycles. The van der Waals surface area contributed by atoms with Crippen molar-refractivity contribution in [1.29, 1.82) is 0 Å². The van der Waals surface area contributed by atoms with Crippen LogP contribution in [0.3, 0.4) is 0 Å².